The second kappa shape index (κ2) is 11.1. The predicted molar refractivity (Wildman–Crippen MR) is 118 cm³/mol. The minimum atomic E-state index is -0.399. The molecule has 1 atom stereocenters. The van der Waals surface area contributed by atoms with Crippen molar-refractivity contribution < 1.29 is 14.3 Å². The zero-order valence-electron chi connectivity index (χ0n) is 19.3. The number of hydrogen-bond acceptors (Lipinski definition) is 4. The summed E-state index contributed by atoms with van der Waals surface area (Å²) in [4.78, 5) is 14.7. The molecule has 0 spiro atoms. The molecule has 0 amide bonds. The quantitative estimate of drug-likeness (QED) is 0.380. The summed E-state index contributed by atoms with van der Waals surface area (Å²) in [6.45, 7) is 8.62. The molecule has 4 heteroatoms. The van der Waals surface area contributed by atoms with Crippen LogP contribution in [-0.4, -0.2) is 48.3 Å². The first-order valence-electron chi connectivity index (χ1n) is 12.5. The Kier molecular flexibility index (Phi) is 8.85. The van der Waals surface area contributed by atoms with Gasteiger partial charge in [0.2, 0.25) is 0 Å². The number of nitrogens with zero attached hydrogens (tertiary/aromatic N) is 1. The van der Waals surface area contributed by atoms with E-state index in [4.69, 9.17) is 9.47 Å². The molecular weight excluding hydrogens is 362 g/mol. The molecule has 0 bridgehead atoms. The Morgan fingerprint density at radius 3 is 2.28 bits per heavy atom. The van der Waals surface area contributed by atoms with E-state index in [9.17, 15) is 4.79 Å². The smallest absolute Gasteiger partial charge is 0.323 e. The van der Waals surface area contributed by atoms with E-state index in [0.29, 0.717) is 6.10 Å². The van der Waals surface area contributed by atoms with Crippen LogP contribution >= 0.6 is 0 Å². The number of likely N-dealkylation sites (tertiary alicyclic amines) is 1. The maximum Gasteiger partial charge on any atom is 0.323 e. The second-order valence-corrected chi connectivity index (χ2v) is 10.8. The van der Waals surface area contributed by atoms with E-state index in [-0.39, 0.29) is 12.0 Å². The Labute approximate surface area is 179 Å². The molecule has 1 aliphatic heterocycles. The van der Waals surface area contributed by atoms with Gasteiger partial charge in [0, 0.05) is 13.2 Å². The minimum Gasteiger partial charge on any atom is -0.459 e. The lowest BCUT2D eigenvalue weighted by molar-refractivity contribution is -0.160. The summed E-state index contributed by atoms with van der Waals surface area (Å²) in [6, 6.07) is -0.0514. The second-order valence-electron chi connectivity index (χ2n) is 10.8. The predicted octanol–water partition coefficient (Wildman–Crippen LogP) is 5.73. The molecule has 1 heterocycles. The molecule has 1 unspecified atom stereocenters. The highest BCUT2D eigenvalue weighted by Gasteiger charge is 2.33. The average Bonchev–Trinajstić information content (AvgIpc) is 3.15. The number of carbonyl (C=O) groups is 1. The van der Waals surface area contributed by atoms with Crippen LogP contribution in [0.4, 0.5) is 0 Å². The molecule has 168 valence electrons. The Morgan fingerprint density at radius 1 is 0.897 bits per heavy atom. The van der Waals surface area contributed by atoms with Gasteiger partial charge in [0.1, 0.15) is 11.6 Å². The fraction of sp³-hybridized carbons (Fsp3) is 0.960. The normalized spacial score (nSPS) is 29.8. The molecule has 29 heavy (non-hydrogen) atoms. The van der Waals surface area contributed by atoms with Crippen LogP contribution in [0.3, 0.4) is 0 Å². The van der Waals surface area contributed by atoms with Crippen molar-refractivity contribution in [1.82, 2.24) is 4.90 Å². The summed E-state index contributed by atoms with van der Waals surface area (Å²) in [7, 11) is 0. The Morgan fingerprint density at radius 2 is 1.59 bits per heavy atom. The molecule has 4 nitrogen and oxygen atoms in total. The Hall–Kier alpha value is -0.610. The summed E-state index contributed by atoms with van der Waals surface area (Å²) in [5, 5.41) is 0. The lowest BCUT2D eigenvalue weighted by atomic mass is 9.77. The van der Waals surface area contributed by atoms with Crippen LogP contribution in [0.15, 0.2) is 0 Å². The van der Waals surface area contributed by atoms with Crippen molar-refractivity contribution in [1.29, 1.82) is 0 Å². The molecule has 0 aromatic carbocycles. The van der Waals surface area contributed by atoms with Gasteiger partial charge in [0.05, 0.1) is 6.10 Å². The molecule has 0 aromatic heterocycles. The third kappa shape index (κ3) is 7.86. The van der Waals surface area contributed by atoms with Crippen LogP contribution in [-0.2, 0) is 14.3 Å². The highest BCUT2D eigenvalue weighted by atomic mass is 16.6. The van der Waals surface area contributed by atoms with Crippen LogP contribution in [0, 0.1) is 11.8 Å². The third-order valence-electron chi connectivity index (χ3n) is 7.17. The fourth-order valence-corrected chi connectivity index (χ4v) is 5.68. The molecule has 3 fully saturated rings. The number of ether oxygens (including phenoxy) is 2. The first-order chi connectivity index (χ1) is 13.9. The van der Waals surface area contributed by atoms with E-state index >= 15 is 0 Å². The first-order valence-corrected chi connectivity index (χ1v) is 12.5. The molecule has 0 radical (unpaired) electrons. The summed E-state index contributed by atoms with van der Waals surface area (Å²) >= 11 is 0. The van der Waals surface area contributed by atoms with Crippen molar-refractivity contribution >= 4 is 5.97 Å². The van der Waals surface area contributed by atoms with Gasteiger partial charge in [-0.15, -0.1) is 0 Å². The van der Waals surface area contributed by atoms with Crippen molar-refractivity contribution in [3.63, 3.8) is 0 Å². The van der Waals surface area contributed by atoms with Crippen molar-refractivity contribution in [2.45, 2.75) is 122 Å². The van der Waals surface area contributed by atoms with Crippen LogP contribution < -0.4 is 0 Å². The number of esters is 1. The topological polar surface area (TPSA) is 38.8 Å². The lowest BCUT2D eigenvalue weighted by Gasteiger charge is -2.32. The van der Waals surface area contributed by atoms with Crippen molar-refractivity contribution in [3.05, 3.63) is 0 Å². The van der Waals surface area contributed by atoms with Gasteiger partial charge in [-0.1, -0.05) is 32.1 Å². The molecule has 3 aliphatic rings. The van der Waals surface area contributed by atoms with Gasteiger partial charge >= 0.3 is 5.97 Å². The average molecular weight is 408 g/mol. The van der Waals surface area contributed by atoms with Crippen LogP contribution in [0.2, 0.25) is 0 Å². The maximum atomic E-state index is 12.4. The standard InChI is InChI=1S/C25H45NO3/c1-25(2,3)29-24(27)23-11-7-16-26(23)17-8-18-28-22-14-12-21(13-15-22)19-20-9-5-4-6-10-20/h20-23H,4-19H2,1-3H3. The number of carbonyl (C=O) groups excluding carboxylic acids is 1. The molecule has 1 saturated heterocycles. The molecule has 2 saturated carbocycles. The fourth-order valence-electron chi connectivity index (χ4n) is 5.68. The molecule has 2 aliphatic carbocycles. The highest BCUT2D eigenvalue weighted by Crippen LogP contribution is 2.36. The van der Waals surface area contributed by atoms with E-state index in [1.165, 1.54) is 64.2 Å². The van der Waals surface area contributed by atoms with Gasteiger partial charge in [0.15, 0.2) is 0 Å². The molecule has 0 N–H and O–H groups in total. The molecular formula is C25H45NO3. The molecule has 0 aromatic rings. The summed E-state index contributed by atoms with van der Waals surface area (Å²) in [5.74, 6) is 1.92. The minimum absolute atomic E-state index is 0.0489. The lowest BCUT2D eigenvalue weighted by Crippen LogP contribution is -2.41. The summed E-state index contributed by atoms with van der Waals surface area (Å²) < 4.78 is 11.8. The van der Waals surface area contributed by atoms with E-state index in [1.54, 1.807) is 0 Å². The Bertz CT molecular complexity index is 487. The zero-order chi connectivity index (χ0) is 20.7. The largest absolute Gasteiger partial charge is 0.459 e. The maximum absolute atomic E-state index is 12.4. The van der Waals surface area contributed by atoms with Gasteiger partial charge in [-0.2, -0.15) is 0 Å². The SMILES string of the molecule is CC(C)(C)OC(=O)C1CCCN1CCCOC1CCC(CC2CCCCC2)CC1. The van der Waals surface area contributed by atoms with Crippen LogP contribution in [0.1, 0.15) is 104 Å². The number of rotatable bonds is 8. The van der Waals surface area contributed by atoms with E-state index in [0.717, 1.165) is 50.8 Å². The van der Waals surface area contributed by atoms with E-state index < -0.39 is 5.60 Å². The monoisotopic (exact) mass is 407 g/mol. The van der Waals surface area contributed by atoms with Crippen molar-refractivity contribution in [2.24, 2.45) is 11.8 Å². The van der Waals surface area contributed by atoms with Gasteiger partial charge in [0.25, 0.3) is 0 Å². The Balaban J connectivity index is 1.27. The van der Waals surface area contributed by atoms with Gasteiger partial charge < -0.3 is 9.47 Å². The zero-order valence-corrected chi connectivity index (χ0v) is 19.3. The molecule has 3 rings (SSSR count). The van der Waals surface area contributed by atoms with E-state index in [1.807, 2.05) is 20.8 Å². The van der Waals surface area contributed by atoms with Crippen molar-refractivity contribution in [2.75, 3.05) is 19.7 Å². The third-order valence-corrected chi connectivity index (χ3v) is 7.17. The van der Waals surface area contributed by atoms with Gasteiger partial charge in [-0.3, -0.25) is 9.69 Å². The van der Waals surface area contributed by atoms with Crippen molar-refractivity contribution in [3.8, 4) is 0 Å². The first kappa shape index (κ1) is 23.1. The van der Waals surface area contributed by atoms with Gasteiger partial charge in [-0.25, -0.2) is 0 Å². The van der Waals surface area contributed by atoms with Gasteiger partial charge in [-0.05, 0) is 90.5 Å². The summed E-state index contributed by atoms with van der Waals surface area (Å²) in [6.07, 6.45) is 17.6. The summed E-state index contributed by atoms with van der Waals surface area (Å²) in [5.41, 5.74) is -0.399. The van der Waals surface area contributed by atoms with Crippen LogP contribution in [0.5, 0.6) is 0 Å². The number of hydrogen-bond donors (Lipinski definition) is 0. The van der Waals surface area contributed by atoms with E-state index in [2.05, 4.69) is 4.90 Å². The highest BCUT2D eigenvalue weighted by molar-refractivity contribution is 5.76. The van der Waals surface area contributed by atoms with Crippen LogP contribution in [0.25, 0.3) is 0 Å².